The van der Waals surface area contributed by atoms with Gasteiger partial charge in [-0.2, -0.15) is 0 Å². The maximum absolute atomic E-state index is 13.2. The third-order valence-electron chi connectivity index (χ3n) is 14.9. The number of hydrogen-bond acceptors (Lipinski definition) is 10. The van der Waals surface area contributed by atoms with E-state index in [0.717, 1.165) is 51.4 Å². The van der Waals surface area contributed by atoms with Crippen LogP contribution < -0.4 is 5.32 Å². The van der Waals surface area contributed by atoms with E-state index in [0.29, 0.717) is 19.3 Å². The van der Waals surface area contributed by atoms with E-state index in [1.54, 1.807) is 0 Å². The van der Waals surface area contributed by atoms with E-state index in [9.17, 15) is 40.5 Å². The van der Waals surface area contributed by atoms with E-state index < -0.39 is 74.2 Å². The average Bonchev–Trinajstić information content (AvgIpc) is 3.39. The number of amides is 1. The third-order valence-corrected chi connectivity index (χ3v) is 14.9. The Balaban J connectivity index is 2.21. The molecule has 11 heteroatoms. The van der Waals surface area contributed by atoms with Crippen LogP contribution in [0.5, 0.6) is 0 Å². The summed E-state index contributed by atoms with van der Waals surface area (Å²) in [7, 11) is 0. The van der Waals surface area contributed by atoms with E-state index in [-0.39, 0.29) is 12.8 Å². The van der Waals surface area contributed by atoms with Crippen LogP contribution in [0.15, 0.2) is 36.5 Å². The quantitative estimate of drug-likeness (QED) is 0.0215. The van der Waals surface area contributed by atoms with Crippen molar-refractivity contribution in [3.8, 4) is 0 Å². The van der Waals surface area contributed by atoms with E-state index in [4.69, 9.17) is 9.47 Å². The van der Waals surface area contributed by atoms with E-state index in [1.807, 2.05) is 0 Å². The highest BCUT2D eigenvalue weighted by Crippen LogP contribution is 2.23. The van der Waals surface area contributed by atoms with Gasteiger partial charge in [0.25, 0.3) is 0 Å². The van der Waals surface area contributed by atoms with Crippen molar-refractivity contribution in [3.63, 3.8) is 0 Å². The molecule has 1 heterocycles. The van der Waals surface area contributed by atoms with Crippen molar-refractivity contribution in [2.75, 3.05) is 13.2 Å². The normalized spacial score (nSPS) is 20.2. The largest absolute Gasteiger partial charge is 0.394 e. The van der Waals surface area contributed by atoms with Crippen molar-refractivity contribution in [2.24, 2.45) is 0 Å². The first-order valence-electron chi connectivity index (χ1n) is 30.9. The fraction of sp³-hybridized carbons (Fsp3) is 0.887. The topological polar surface area (TPSA) is 189 Å². The Bertz CT molecular complexity index is 1280. The van der Waals surface area contributed by atoms with Crippen molar-refractivity contribution in [2.45, 2.75) is 339 Å². The van der Waals surface area contributed by atoms with Crippen molar-refractivity contribution >= 4 is 5.91 Å². The second-order valence-corrected chi connectivity index (χ2v) is 21.8. The third kappa shape index (κ3) is 39.4. The number of aliphatic hydroxyl groups excluding tert-OH is 7. The zero-order valence-electron chi connectivity index (χ0n) is 47.1. The van der Waals surface area contributed by atoms with Gasteiger partial charge in [0.05, 0.1) is 25.4 Å². The molecule has 1 aliphatic rings. The van der Waals surface area contributed by atoms with Crippen molar-refractivity contribution < 1.29 is 50.0 Å². The monoisotopic (exact) mass is 1040 g/mol. The second-order valence-electron chi connectivity index (χ2n) is 21.8. The Morgan fingerprint density at radius 2 is 0.822 bits per heavy atom. The molecule has 0 bridgehead atoms. The van der Waals surface area contributed by atoms with Crippen LogP contribution in [0.2, 0.25) is 0 Å². The fourth-order valence-corrected chi connectivity index (χ4v) is 9.87. The molecule has 0 aromatic heterocycles. The summed E-state index contributed by atoms with van der Waals surface area (Å²) in [6.07, 6.45) is 52.3. The average molecular weight is 1040 g/mol. The Morgan fingerprint density at radius 1 is 0.466 bits per heavy atom. The molecule has 0 radical (unpaired) electrons. The van der Waals surface area contributed by atoms with Crippen LogP contribution in [0.25, 0.3) is 0 Å². The van der Waals surface area contributed by atoms with Gasteiger partial charge in [0, 0.05) is 0 Å². The Hall–Kier alpha value is -1.67. The summed E-state index contributed by atoms with van der Waals surface area (Å²) >= 11 is 0. The van der Waals surface area contributed by atoms with Gasteiger partial charge in [0.15, 0.2) is 6.29 Å². The number of carbonyl (C=O) groups is 1. The number of nitrogens with one attached hydrogen (secondary N) is 1. The van der Waals surface area contributed by atoms with Crippen LogP contribution in [0.1, 0.15) is 284 Å². The van der Waals surface area contributed by atoms with Gasteiger partial charge in [-0.25, -0.2) is 0 Å². The molecule has 1 rings (SSSR count). The van der Waals surface area contributed by atoms with Gasteiger partial charge in [0.1, 0.15) is 36.6 Å². The molecule has 0 aromatic carbocycles. The number of aliphatic hydroxyl groups is 7. The second kappa shape index (κ2) is 51.1. The van der Waals surface area contributed by atoms with E-state index in [2.05, 4.69) is 55.6 Å². The first kappa shape index (κ1) is 69.3. The first-order chi connectivity index (χ1) is 35.7. The Labute approximate surface area is 447 Å². The summed E-state index contributed by atoms with van der Waals surface area (Å²) in [6, 6.07) is -1.19. The lowest BCUT2D eigenvalue weighted by molar-refractivity contribution is -0.303. The van der Waals surface area contributed by atoms with Crippen LogP contribution >= 0.6 is 0 Å². The molecule has 430 valence electrons. The van der Waals surface area contributed by atoms with Crippen LogP contribution in [0, 0.1) is 0 Å². The molecule has 9 atom stereocenters. The molecule has 8 N–H and O–H groups in total. The molecule has 1 fully saturated rings. The fourth-order valence-electron chi connectivity index (χ4n) is 9.87. The lowest BCUT2D eigenvalue weighted by Crippen LogP contribution is -2.60. The first-order valence-corrected chi connectivity index (χ1v) is 30.9. The highest BCUT2D eigenvalue weighted by molar-refractivity contribution is 5.80. The van der Waals surface area contributed by atoms with Gasteiger partial charge in [-0.15, -0.1) is 0 Å². The smallest absolute Gasteiger partial charge is 0.249 e. The summed E-state index contributed by atoms with van der Waals surface area (Å²) in [5, 5.41) is 76.1. The summed E-state index contributed by atoms with van der Waals surface area (Å²) in [4.78, 5) is 13.2. The molecular formula is C62H117NO10. The minimum absolute atomic E-state index is 0.242. The number of carbonyl (C=O) groups excluding carboxylic acids is 1. The highest BCUT2D eigenvalue weighted by Gasteiger charge is 2.44. The Morgan fingerprint density at radius 3 is 1.21 bits per heavy atom. The molecule has 0 saturated carbocycles. The van der Waals surface area contributed by atoms with Gasteiger partial charge in [-0.05, 0) is 57.8 Å². The Kier molecular flexibility index (Phi) is 48.5. The number of allylic oxidation sites excluding steroid dienone is 6. The number of rotatable bonds is 53. The molecule has 73 heavy (non-hydrogen) atoms. The summed E-state index contributed by atoms with van der Waals surface area (Å²) in [6.45, 7) is 3.41. The van der Waals surface area contributed by atoms with Gasteiger partial charge in [-0.3, -0.25) is 4.79 Å². The molecule has 1 amide bonds. The number of unbranched alkanes of at least 4 members (excludes halogenated alkanes) is 35. The predicted octanol–water partition coefficient (Wildman–Crippen LogP) is 13.5. The molecular weight excluding hydrogens is 919 g/mol. The van der Waals surface area contributed by atoms with Crippen molar-refractivity contribution in [1.82, 2.24) is 5.32 Å². The number of ether oxygens (including phenoxy) is 2. The molecule has 0 aliphatic carbocycles. The highest BCUT2D eigenvalue weighted by atomic mass is 16.7. The molecule has 0 aromatic rings. The van der Waals surface area contributed by atoms with Crippen molar-refractivity contribution in [3.05, 3.63) is 36.5 Å². The van der Waals surface area contributed by atoms with Gasteiger partial charge in [0.2, 0.25) is 5.91 Å². The molecule has 9 unspecified atom stereocenters. The van der Waals surface area contributed by atoms with Crippen LogP contribution in [0.3, 0.4) is 0 Å². The SMILES string of the molecule is CCCC/C=C/CC/C=C/CC/C=C/CCCC(O)C(O)C(COC1OC(CO)C(O)C(O)C1O)NC(=O)C(O)CCCCCCCCCCCCCCCCCCCCCCCCCCCCCCCCC. The lowest BCUT2D eigenvalue weighted by Gasteiger charge is -2.40. The summed E-state index contributed by atoms with van der Waals surface area (Å²) < 4.78 is 11.1. The standard InChI is InChI=1S/C62H117NO10/c1-3-5-7-9-11-13-15-17-19-20-21-22-23-24-25-26-27-28-29-30-31-32-33-34-36-38-40-42-44-46-48-50-55(66)61(71)63-53(52-72-62-60(70)59(69)58(68)56(51-64)73-62)57(67)54(65)49-47-45-43-41-39-37-35-18-16-14-12-10-8-6-4-2/h10,12,18,35,41,43,53-60,62,64-70H,3-9,11,13-17,19-34,36-40,42,44-52H2,1-2H3,(H,63,71)/b12-10+,35-18+,43-41+. The maximum Gasteiger partial charge on any atom is 0.249 e. The van der Waals surface area contributed by atoms with Crippen LogP contribution in [-0.2, 0) is 14.3 Å². The molecule has 1 aliphatic heterocycles. The minimum Gasteiger partial charge on any atom is -0.394 e. The predicted molar refractivity (Wildman–Crippen MR) is 302 cm³/mol. The summed E-state index contributed by atoms with van der Waals surface area (Å²) in [5.41, 5.74) is 0. The molecule has 0 spiro atoms. The lowest BCUT2D eigenvalue weighted by atomic mass is 9.98. The maximum atomic E-state index is 13.2. The summed E-state index contributed by atoms with van der Waals surface area (Å²) in [5.74, 6) is -0.709. The van der Waals surface area contributed by atoms with Gasteiger partial charge >= 0.3 is 0 Å². The van der Waals surface area contributed by atoms with E-state index in [1.165, 1.54) is 186 Å². The van der Waals surface area contributed by atoms with Gasteiger partial charge in [-0.1, -0.05) is 262 Å². The number of hydrogen-bond donors (Lipinski definition) is 8. The van der Waals surface area contributed by atoms with Crippen molar-refractivity contribution in [1.29, 1.82) is 0 Å². The van der Waals surface area contributed by atoms with Gasteiger partial charge < -0.3 is 50.5 Å². The minimum atomic E-state index is -1.67. The zero-order chi connectivity index (χ0) is 53.3. The molecule has 1 saturated heterocycles. The molecule has 11 nitrogen and oxygen atoms in total. The van der Waals surface area contributed by atoms with E-state index >= 15 is 0 Å². The zero-order valence-corrected chi connectivity index (χ0v) is 47.1. The van der Waals surface area contributed by atoms with Crippen LogP contribution in [-0.4, -0.2) is 110 Å². The van der Waals surface area contributed by atoms with Crippen LogP contribution in [0.4, 0.5) is 0 Å².